The van der Waals surface area contributed by atoms with Crippen LogP contribution in [0.2, 0.25) is 0 Å². The lowest BCUT2D eigenvalue weighted by molar-refractivity contribution is 0.0933. The molecule has 0 aliphatic rings. The molecular formula is C15H25N3O3. The predicted molar refractivity (Wildman–Crippen MR) is 80.9 cm³/mol. The van der Waals surface area contributed by atoms with Crippen molar-refractivity contribution in [2.45, 2.75) is 26.7 Å². The van der Waals surface area contributed by atoms with Crippen molar-refractivity contribution in [3.8, 4) is 0 Å². The minimum absolute atomic E-state index is 0.114. The van der Waals surface area contributed by atoms with Gasteiger partial charge in [-0.15, -0.1) is 0 Å². The van der Waals surface area contributed by atoms with Crippen molar-refractivity contribution in [3.05, 3.63) is 23.5 Å². The molecule has 1 atom stereocenters. The molecule has 0 aliphatic heterocycles. The summed E-state index contributed by atoms with van der Waals surface area (Å²) in [6, 6.07) is 1.49. The van der Waals surface area contributed by atoms with Gasteiger partial charge in [0.25, 0.3) is 5.91 Å². The second-order valence-corrected chi connectivity index (χ2v) is 5.81. The number of primary amides is 1. The number of aromatic nitrogens is 1. The van der Waals surface area contributed by atoms with Gasteiger partial charge in [0.05, 0.1) is 5.56 Å². The van der Waals surface area contributed by atoms with Crippen molar-refractivity contribution in [1.82, 2.24) is 9.88 Å². The summed E-state index contributed by atoms with van der Waals surface area (Å²) in [5.74, 6) is -0.0379. The molecule has 0 saturated heterocycles. The number of nitrogens with zero attached hydrogens (tertiary/aromatic N) is 1. The second kappa shape index (κ2) is 7.83. The summed E-state index contributed by atoms with van der Waals surface area (Å²) in [6.07, 6.45) is 3.15. The maximum absolute atomic E-state index is 12.1. The highest BCUT2D eigenvalue weighted by Crippen LogP contribution is 2.14. The number of hydrogen-bond acceptors (Lipinski definition) is 3. The lowest BCUT2D eigenvalue weighted by atomic mass is 9.94. The van der Waals surface area contributed by atoms with Crippen molar-refractivity contribution in [1.29, 1.82) is 0 Å². The summed E-state index contributed by atoms with van der Waals surface area (Å²) in [5.41, 5.74) is 5.92. The predicted octanol–water partition coefficient (Wildman–Crippen LogP) is 0.898. The third kappa shape index (κ3) is 5.23. The number of carbonyl (C=O) groups excluding carboxylic acids is 2. The third-order valence-corrected chi connectivity index (χ3v) is 3.42. The van der Waals surface area contributed by atoms with Gasteiger partial charge in [-0.1, -0.05) is 13.8 Å². The highest BCUT2D eigenvalue weighted by atomic mass is 16.3. The van der Waals surface area contributed by atoms with Gasteiger partial charge in [0.2, 0.25) is 5.91 Å². The molecule has 1 aromatic heterocycles. The summed E-state index contributed by atoms with van der Waals surface area (Å²) in [6.45, 7) is 4.85. The molecule has 0 aromatic carbocycles. The Morgan fingerprint density at radius 2 is 2.10 bits per heavy atom. The first-order valence-electron chi connectivity index (χ1n) is 7.20. The normalized spacial score (nSPS) is 12.4. The van der Waals surface area contributed by atoms with Gasteiger partial charge in [-0.05, 0) is 30.7 Å². The summed E-state index contributed by atoms with van der Waals surface area (Å²) in [4.78, 5) is 23.3. The van der Waals surface area contributed by atoms with Crippen molar-refractivity contribution >= 4 is 11.8 Å². The average molecular weight is 295 g/mol. The van der Waals surface area contributed by atoms with E-state index in [2.05, 4.69) is 19.2 Å². The number of aliphatic hydroxyl groups is 1. The van der Waals surface area contributed by atoms with Crippen LogP contribution in [0.1, 0.15) is 47.5 Å². The van der Waals surface area contributed by atoms with Gasteiger partial charge in [0.1, 0.15) is 5.69 Å². The molecule has 1 aromatic rings. The van der Waals surface area contributed by atoms with Crippen LogP contribution in [0.3, 0.4) is 0 Å². The number of aryl methyl sites for hydroxylation is 1. The Morgan fingerprint density at radius 3 is 2.57 bits per heavy atom. The van der Waals surface area contributed by atoms with E-state index in [0.29, 0.717) is 30.1 Å². The fourth-order valence-corrected chi connectivity index (χ4v) is 2.41. The van der Waals surface area contributed by atoms with E-state index < -0.39 is 5.91 Å². The Bertz CT molecular complexity index is 494. The summed E-state index contributed by atoms with van der Waals surface area (Å²) < 4.78 is 1.58. The molecule has 0 radical (unpaired) electrons. The van der Waals surface area contributed by atoms with Crippen molar-refractivity contribution in [2.75, 3.05) is 13.2 Å². The van der Waals surface area contributed by atoms with Crippen LogP contribution >= 0.6 is 0 Å². The van der Waals surface area contributed by atoms with E-state index in [-0.39, 0.29) is 18.4 Å². The molecule has 0 bridgehead atoms. The number of aliphatic hydroxyl groups excluding tert-OH is 1. The number of hydrogen-bond donors (Lipinski definition) is 3. The maximum atomic E-state index is 12.1. The van der Waals surface area contributed by atoms with Crippen molar-refractivity contribution < 1.29 is 14.7 Å². The van der Waals surface area contributed by atoms with E-state index in [1.807, 2.05) is 0 Å². The topological polar surface area (TPSA) is 97.3 Å². The van der Waals surface area contributed by atoms with E-state index in [9.17, 15) is 9.59 Å². The quantitative estimate of drug-likeness (QED) is 0.664. The third-order valence-electron chi connectivity index (χ3n) is 3.42. The van der Waals surface area contributed by atoms with Gasteiger partial charge in [-0.3, -0.25) is 9.59 Å². The molecular weight excluding hydrogens is 270 g/mol. The van der Waals surface area contributed by atoms with Crippen LogP contribution in [0, 0.1) is 11.8 Å². The number of amides is 2. The SMILES string of the molecule is CC(C)CC(CCO)CNC(=O)c1cc(C(N)=O)cn1C. The molecule has 21 heavy (non-hydrogen) atoms. The zero-order chi connectivity index (χ0) is 16.0. The van der Waals surface area contributed by atoms with Crippen molar-refractivity contribution in [2.24, 2.45) is 24.6 Å². The number of carbonyl (C=O) groups is 2. The Hall–Kier alpha value is -1.82. The van der Waals surface area contributed by atoms with E-state index in [1.165, 1.54) is 12.3 Å². The summed E-state index contributed by atoms with van der Waals surface area (Å²) >= 11 is 0. The van der Waals surface area contributed by atoms with Gasteiger partial charge in [-0.25, -0.2) is 0 Å². The Labute approximate surface area is 125 Å². The first kappa shape index (κ1) is 17.2. The minimum Gasteiger partial charge on any atom is -0.396 e. The highest BCUT2D eigenvalue weighted by molar-refractivity contribution is 5.98. The molecule has 0 saturated carbocycles. The Kier molecular flexibility index (Phi) is 6.42. The van der Waals surface area contributed by atoms with Crippen LogP contribution in [0.5, 0.6) is 0 Å². The second-order valence-electron chi connectivity index (χ2n) is 5.81. The van der Waals surface area contributed by atoms with Gasteiger partial charge >= 0.3 is 0 Å². The van der Waals surface area contributed by atoms with Crippen LogP contribution in [0.4, 0.5) is 0 Å². The summed E-state index contributed by atoms with van der Waals surface area (Å²) in [5, 5.41) is 11.9. The van der Waals surface area contributed by atoms with Crippen molar-refractivity contribution in [3.63, 3.8) is 0 Å². The molecule has 1 unspecified atom stereocenters. The van der Waals surface area contributed by atoms with Gasteiger partial charge in [0.15, 0.2) is 0 Å². The van der Waals surface area contributed by atoms with Crippen LogP contribution in [0.25, 0.3) is 0 Å². The van der Waals surface area contributed by atoms with Gasteiger partial charge in [-0.2, -0.15) is 0 Å². The van der Waals surface area contributed by atoms with Crippen LogP contribution in [-0.4, -0.2) is 34.6 Å². The smallest absolute Gasteiger partial charge is 0.267 e. The molecule has 6 nitrogen and oxygen atoms in total. The molecule has 1 rings (SSSR count). The molecule has 0 spiro atoms. The molecule has 2 amide bonds. The Morgan fingerprint density at radius 1 is 1.43 bits per heavy atom. The first-order valence-corrected chi connectivity index (χ1v) is 7.20. The largest absolute Gasteiger partial charge is 0.396 e. The van der Waals surface area contributed by atoms with E-state index in [4.69, 9.17) is 10.8 Å². The summed E-state index contributed by atoms with van der Waals surface area (Å²) in [7, 11) is 1.70. The van der Waals surface area contributed by atoms with E-state index >= 15 is 0 Å². The van der Waals surface area contributed by atoms with E-state index in [0.717, 1.165) is 6.42 Å². The van der Waals surface area contributed by atoms with Gasteiger partial charge in [0, 0.05) is 26.4 Å². The number of nitrogens with one attached hydrogen (secondary N) is 1. The molecule has 118 valence electrons. The zero-order valence-corrected chi connectivity index (χ0v) is 12.9. The number of nitrogens with two attached hydrogens (primary N) is 1. The molecule has 4 N–H and O–H groups in total. The van der Waals surface area contributed by atoms with Crippen LogP contribution in [-0.2, 0) is 7.05 Å². The first-order chi connectivity index (χ1) is 9.85. The minimum atomic E-state index is -0.553. The monoisotopic (exact) mass is 295 g/mol. The number of rotatable bonds is 8. The fourth-order valence-electron chi connectivity index (χ4n) is 2.41. The van der Waals surface area contributed by atoms with E-state index in [1.54, 1.807) is 11.6 Å². The molecule has 0 fully saturated rings. The fraction of sp³-hybridized carbons (Fsp3) is 0.600. The lowest BCUT2D eigenvalue weighted by Gasteiger charge is -2.18. The zero-order valence-electron chi connectivity index (χ0n) is 12.9. The molecule has 6 heteroatoms. The highest BCUT2D eigenvalue weighted by Gasteiger charge is 2.16. The molecule has 0 aliphatic carbocycles. The van der Waals surface area contributed by atoms with Crippen LogP contribution < -0.4 is 11.1 Å². The molecule has 1 heterocycles. The van der Waals surface area contributed by atoms with Gasteiger partial charge < -0.3 is 20.7 Å². The standard InChI is InChI=1S/C15H25N3O3/c1-10(2)6-11(4-5-19)8-17-15(21)13-7-12(14(16)20)9-18(13)3/h7,9-11,19H,4-6,8H2,1-3H3,(H2,16,20)(H,17,21). The maximum Gasteiger partial charge on any atom is 0.267 e. The average Bonchev–Trinajstić information content (AvgIpc) is 2.77. The lowest BCUT2D eigenvalue weighted by Crippen LogP contribution is -2.31. The van der Waals surface area contributed by atoms with Crippen LogP contribution in [0.15, 0.2) is 12.3 Å². The Balaban J connectivity index is 2.65.